The summed E-state index contributed by atoms with van der Waals surface area (Å²) in [6.07, 6.45) is 5.80. The largest absolute Gasteiger partial charge is 0.476 e. The Morgan fingerprint density at radius 3 is 2.84 bits per heavy atom. The summed E-state index contributed by atoms with van der Waals surface area (Å²) in [5.74, 6) is 3.04. The summed E-state index contributed by atoms with van der Waals surface area (Å²) in [6, 6.07) is 3.87. The van der Waals surface area contributed by atoms with E-state index in [9.17, 15) is 0 Å². The Labute approximate surface area is 181 Å². The number of H-pyrrole nitrogens is 1. The van der Waals surface area contributed by atoms with E-state index in [1.807, 2.05) is 19.1 Å². The summed E-state index contributed by atoms with van der Waals surface area (Å²) in [7, 11) is 0. The number of aromatic nitrogens is 4. The maximum absolute atomic E-state index is 5.97. The van der Waals surface area contributed by atoms with Crippen LogP contribution in [0, 0.1) is 0 Å². The minimum absolute atomic E-state index is 0.00723. The smallest absolute Gasteiger partial charge is 0.228 e. The molecule has 1 unspecified atom stereocenters. The first-order valence-corrected chi connectivity index (χ1v) is 11.2. The number of hydrogen-bond acceptors (Lipinski definition) is 9. The Morgan fingerprint density at radius 2 is 2.06 bits per heavy atom. The van der Waals surface area contributed by atoms with Gasteiger partial charge in [0.25, 0.3) is 0 Å². The number of nitrogens with one attached hydrogen (secondary N) is 3. The number of likely N-dealkylation sites (tertiary alicyclic amines) is 1. The predicted molar refractivity (Wildman–Crippen MR) is 118 cm³/mol. The van der Waals surface area contributed by atoms with Gasteiger partial charge in [-0.05, 0) is 45.7 Å². The summed E-state index contributed by atoms with van der Waals surface area (Å²) in [4.78, 5) is 17.0. The number of anilines is 3. The van der Waals surface area contributed by atoms with Crippen molar-refractivity contribution in [2.75, 3.05) is 43.4 Å². The monoisotopic (exact) mass is 426 g/mol. The van der Waals surface area contributed by atoms with Gasteiger partial charge in [-0.15, -0.1) is 0 Å². The van der Waals surface area contributed by atoms with Gasteiger partial charge in [0.2, 0.25) is 11.8 Å². The molecule has 10 heteroatoms. The first kappa shape index (κ1) is 20.0. The highest BCUT2D eigenvalue weighted by Gasteiger charge is 2.25. The van der Waals surface area contributed by atoms with Crippen LogP contribution in [0.1, 0.15) is 50.6 Å². The molecule has 1 saturated heterocycles. The lowest BCUT2D eigenvalue weighted by Gasteiger charge is -2.16. The third kappa shape index (κ3) is 5.43. The van der Waals surface area contributed by atoms with Crippen molar-refractivity contribution >= 4 is 23.3 Å². The van der Waals surface area contributed by atoms with Crippen molar-refractivity contribution in [1.82, 2.24) is 25.1 Å². The molecular weight excluding hydrogens is 396 g/mol. The molecule has 0 bridgehead atoms. The summed E-state index contributed by atoms with van der Waals surface area (Å²) >= 11 is 0. The first-order chi connectivity index (χ1) is 15.2. The zero-order chi connectivity index (χ0) is 21.0. The molecule has 1 aliphatic carbocycles. The van der Waals surface area contributed by atoms with Crippen molar-refractivity contribution in [3.05, 3.63) is 17.8 Å². The lowest BCUT2D eigenvalue weighted by Crippen LogP contribution is -2.25. The van der Waals surface area contributed by atoms with Crippen LogP contribution in [0.5, 0.6) is 5.88 Å². The van der Waals surface area contributed by atoms with Crippen LogP contribution < -0.4 is 15.4 Å². The van der Waals surface area contributed by atoms with Gasteiger partial charge in [0, 0.05) is 36.7 Å². The molecule has 1 atom stereocenters. The van der Waals surface area contributed by atoms with Gasteiger partial charge >= 0.3 is 0 Å². The molecule has 3 aliphatic rings. The maximum Gasteiger partial charge on any atom is 0.228 e. The number of nitrogens with zero attached hydrogens (tertiary/aromatic N) is 5. The lowest BCUT2D eigenvalue weighted by atomic mass is 10.2. The number of oxime groups is 1. The molecule has 2 aliphatic heterocycles. The quantitative estimate of drug-likeness (QED) is 0.532. The van der Waals surface area contributed by atoms with Gasteiger partial charge in [-0.3, -0.25) is 10.00 Å². The standard InChI is InChI=1S/C21H30N8O2/c1-14-10-16(31-28-14)13-22-21-24-18(23-19-11-17(26-27-19)15-4-5-15)12-20(25-21)30-9-8-29-6-2-3-7-29/h11-12,15-16H,2-10,13H2,1H3,(H3,22,23,24,25,26,27). The molecule has 0 spiro atoms. The van der Waals surface area contributed by atoms with Gasteiger partial charge < -0.3 is 20.2 Å². The third-order valence-corrected chi connectivity index (χ3v) is 5.80. The number of aromatic amines is 1. The van der Waals surface area contributed by atoms with Crippen molar-refractivity contribution in [3.63, 3.8) is 0 Å². The van der Waals surface area contributed by atoms with Crippen LogP contribution in [0.15, 0.2) is 17.3 Å². The van der Waals surface area contributed by atoms with E-state index >= 15 is 0 Å². The third-order valence-electron chi connectivity index (χ3n) is 5.80. The van der Waals surface area contributed by atoms with E-state index in [0.29, 0.717) is 36.7 Å². The summed E-state index contributed by atoms with van der Waals surface area (Å²) in [5.41, 5.74) is 2.17. The molecule has 1 saturated carbocycles. The molecule has 0 amide bonds. The molecule has 166 valence electrons. The fourth-order valence-electron chi connectivity index (χ4n) is 3.95. The molecule has 2 fully saturated rings. The van der Waals surface area contributed by atoms with Crippen LogP contribution in [-0.4, -0.2) is 69.7 Å². The molecule has 2 aromatic heterocycles. The van der Waals surface area contributed by atoms with Crippen molar-refractivity contribution in [3.8, 4) is 5.88 Å². The van der Waals surface area contributed by atoms with E-state index < -0.39 is 0 Å². The Kier molecular flexibility index (Phi) is 5.88. The SMILES string of the molecule is CC1=NOC(CNc2nc(Nc3cc(C4CC4)[nH]n3)cc(OCCN3CCCC3)n2)C1. The minimum Gasteiger partial charge on any atom is -0.476 e. The fourth-order valence-corrected chi connectivity index (χ4v) is 3.95. The molecule has 0 radical (unpaired) electrons. The Morgan fingerprint density at radius 1 is 1.19 bits per heavy atom. The average Bonchev–Trinajstić information content (AvgIpc) is 3.13. The Bertz CT molecular complexity index is 920. The molecular formula is C21H30N8O2. The summed E-state index contributed by atoms with van der Waals surface area (Å²) in [6.45, 7) is 6.35. The second-order valence-corrected chi connectivity index (χ2v) is 8.56. The van der Waals surface area contributed by atoms with Crippen molar-refractivity contribution in [2.24, 2.45) is 5.16 Å². The van der Waals surface area contributed by atoms with E-state index in [2.05, 4.69) is 40.9 Å². The number of hydrogen-bond donors (Lipinski definition) is 3. The Hall–Kier alpha value is -2.88. The van der Waals surface area contributed by atoms with Gasteiger partial charge in [0.15, 0.2) is 5.82 Å². The molecule has 4 heterocycles. The summed E-state index contributed by atoms with van der Waals surface area (Å²) < 4.78 is 5.97. The van der Waals surface area contributed by atoms with E-state index in [1.54, 1.807) is 0 Å². The van der Waals surface area contributed by atoms with E-state index in [1.165, 1.54) is 31.4 Å². The van der Waals surface area contributed by atoms with Crippen LogP contribution in [0.4, 0.5) is 17.6 Å². The summed E-state index contributed by atoms with van der Waals surface area (Å²) in [5, 5.41) is 18.0. The molecule has 31 heavy (non-hydrogen) atoms. The van der Waals surface area contributed by atoms with E-state index in [-0.39, 0.29) is 6.10 Å². The van der Waals surface area contributed by atoms with Crippen molar-refractivity contribution in [2.45, 2.75) is 51.0 Å². The van der Waals surface area contributed by atoms with Crippen LogP contribution in [0.25, 0.3) is 0 Å². The topological polar surface area (TPSA) is 113 Å². The fraction of sp³-hybridized carbons (Fsp3) is 0.619. The normalized spacial score (nSPS) is 21.1. The minimum atomic E-state index is -0.00723. The Balaban J connectivity index is 1.24. The van der Waals surface area contributed by atoms with Crippen molar-refractivity contribution in [1.29, 1.82) is 0 Å². The van der Waals surface area contributed by atoms with Gasteiger partial charge in [-0.25, -0.2) is 0 Å². The molecule has 2 aromatic rings. The van der Waals surface area contributed by atoms with E-state index in [4.69, 9.17) is 9.57 Å². The van der Waals surface area contributed by atoms with Crippen LogP contribution in [0.2, 0.25) is 0 Å². The predicted octanol–water partition coefficient (Wildman–Crippen LogP) is 2.87. The second kappa shape index (κ2) is 9.09. The van der Waals surface area contributed by atoms with Crippen LogP contribution in [-0.2, 0) is 4.84 Å². The molecule has 0 aromatic carbocycles. The highest BCUT2D eigenvalue weighted by Crippen LogP contribution is 2.39. The maximum atomic E-state index is 5.97. The first-order valence-electron chi connectivity index (χ1n) is 11.2. The molecule has 10 nitrogen and oxygen atoms in total. The molecule has 3 N–H and O–H groups in total. The molecule has 5 rings (SSSR count). The average molecular weight is 427 g/mol. The highest BCUT2D eigenvalue weighted by molar-refractivity contribution is 5.82. The van der Waals surface area contributed by atoms with E-state index in [0.717, 1.165) is 37.6 Å². The highest BCUT2D eigenvalue weighted by atomic mass is 16.6. The van der Waals surface area contributed by atoms with Crippen LogP contribution in [0.3, 0.4) is 0 Å². The zero-order valence-corrected chi connectivity index (χ0v) is 17.9. The second-order valence-electron chi connectivity index (χ2n) is 8.56. The van der Waals surface area contributed by atoms with Gasteiger partial charge in [0.05, 0.1) is 12.3 Å². The number of rotatable bonds is 10. The van der Waals surface area contributed by atoms with Gasteiger partial charge in [-0.2, -0.15) is 15.1 Å². The van der Waals surface area contributed by atoms with Crippen molar-refractivity contribution < 1.29 is 9.57 Å². The van der Waals surface area contributed by atoms with Crippen LogP contribution >= 0.6 is 0 Å². The number of ether oxygens (including phenoxy) is 1. The van der Waals surface area contributed by atoms with Gasteiger partial charge in [-0.1, -0.05) is 5.16 Å². The van der Waals surface area contributed by atoms with Gasteiger partial charge in [0.1, 0.15) is 18.5 Å². The zero-order valence-electron chi connectivity index (χ0n) is 17.9. The lowest BCUT2D eigenvalue weighted by molar-refractivity contribution is 0.0948.